The Kier molecular flexibility index (Phi) is 3.73. The Bertz CT molecular complexity index is 1250. The number of aromatic nitrogens is 2. The van der Waals surface area contributed by atoms with Gasteiger partial charge >= 0.3 is 0 Å². The van der Waals surface area contributed by atoms with Crippen LogP contribution in [-0.4, -0.2) is 23.0 Å². The van der Waals surface area contributed by atoms with E-state index in [9.17, 15) is 9.59 Å². The minimum atomic E-state index is -0.626. The molecule has 28 heavy (non-hydrogen) atoms. The monoisotopic (exact) mass is 391 g/mol. The Morgan fingerprint density at radius 1 is 1.14 bits per heavy atom. The van der Waals surface area contributed by atoms with Crippen LogP contribution in [0.3, 0.4) is 0 Å². The van der Waals surface area contributed by atoms with Crippen LogP contribution in [0.4, 0.5) is 5.13 Å². The van der Waals surface area contributed by atoms with Crippen LogP contribution in [-0.2, 0) is 0 Å². The predicted octanol–water partition coefficient (Wildman–Crippen LogP) is 3.40. The lowest BCUT2D eigenvalue weighted by atomic mass is 9.99. The zero-order valence-corrected chi connectivity index (χ0v) is 15.5. The molecule has 1 aromatic carbocycles. The quantitative estimate of drug-likeness (QED) is 0.532. The normalized spacial score (nSPS) is 15.8. The molecule has 8 heteroatoms. The van der Waals surface area contributed by atoms with E-state index in [2.05, 4.69) is 9.97 Å². The zero-order valence-electron chi connectivity index (χ0n) is 14.7. The Morgan fingerprint density at radius 3 is 2.68 bits per heavy atom. The number of ether oxygens (including phenoxy) is 1. The third kappa shape index (κ3) is 2.35. The van der Waals surface area contributed by atoms with Crippen molar-refractivity contribution in [3.8, 4) is 5.75 Å². The van der Waals surface area contributed by atoms with Crippen molar-refractivity contribution < 1.29 is 13.9 Å². The van der Waals surface area contributed by atoms with Crippen LogP contribution in [0.5, 0.6) is 5.75 Å². The summed E-state index contributed by atoms with van der Waals surface area (Å²) >= 11 is 1.32. The molecule has 7 nitrogen and oxygen atoms in total. The molecule has 1 aliphatic heterocycles. The van der Waals surface area contributed by atoms with E-state index in [0.717, 1.165) is 5.56 Å². The molecule has 1 amide bonds. The van der Waals surface area contributed by atoms with Crippen molar-refractivity contribution in [2.24, 2.45) is 0 Å². The van der Waals surface area contributed by atoms with E-state index in [1.54, 1.807) is 54.3 Å². The third-order valence-electron chi connectivity index (χ3n) is 4.73. The smallest absolute Gasteiger partial charge is 0.297 e. The van der Waals surface area contributed by atoms with Crippen molar-refractivity contribution in [1.29, 1.82) is 0 Å². The maximum absolute atomic E-state index is 13.4. The molecule has 0 fully saturated rings. The Hall–Kier alpha value is -3.52. The summed E-state index contributed by atoms with van der Waals surface area (Å²) in [6.07, 6.45) is 4.88. The molecule has 0 N–H and O–H groups in total. The molecule has 3 aromatic heterocycles. The van der Waals surface area contributed by atoms with Crippen LogP contribution in [0.15, 0.2) is 63.5 Å². The van der Waals surface area contributed by atoms with Crippen molar-refractivity contribution in [2.75, 3.05) is 12.0 Å². The van der Waals surface area contributed by atoms with Gasteiger partial charge in [-0.25, -0.2) is 4.98 Å². The summed E-state index contributed by atoms with van der Waals surface area (Å²) in [6, 6.07) is 7.90. The first-order valence-electron chi connectivity index (χ1n) is 8.47. The van der Waals surface area contributed by atoms with Gasteiger partial charge in [0.05, 0.1) is 24.1 Å². The number of amides is 1. The van der Waals surface area contributed by atoms with Gasteiger partial charge in [-0.3, -0.25) is 19.5 Å². The first-order chi connectivity index (χ1) is 13.7. The molecule has 0 unspecified atom stereocenters. The number of pyridine rings is 1. The average Bonchev–Trinajstić information content (AvgIpc) is 3.35. The molecule has 0 spiro atoms. The van der Waals surface area contributed by atoms with Gasteiger partial charge in [0.25, 0.3) is 5.91 Å². The fourth-order valence-electron chi connectivity index (χ4n) is 3.47. The Labute approximate surface area is 162 Å². The molecule has 4 aromatic rings. The molecule has 1 aliphatic rings. The van der Waals surface area contributed by atoms with E-state index < -0.39 is 11.9 Å². The SMILES string of the molecule is COc1ccc2c(=O)c3c(oc2c1)C(=O)N(c1nccs1)[C@@H]3c1ccncc1. The van der Waals surface area contributed by atoms with Gasteiger partial charge in [-0.2, -0.15) is 0 Å². The highest BCUT2D eigenvalue weighted by Gasteiger charge is 2.44. The van der Waals surface area contributed by atoms with Crippen molar-refractivity contribution in [3.05, 3.63) is 81.4 Å². The van der Waals surface area contributed by atoms with Crippen LogP contribution < -0.4 is 15.1 Å². The van der Waals surface area contributed by atoms with Crippen molar-refractivity contribution >= 4 is 33.3 Å². The van der Waals surface area contributed by atoms with E-state index in [1.807, 2.05) is 0 Å². The van der Waals surface area contributed by atoms with Gasteiger partial charge in [-0.15, -0.1) is 11.3 Å². The number of nitrogens with zero attached hydrogens (tertiary/aromatic N) is 3. The van der Waals surface area contributed by atoms with Gasteiger partial charge < -0.3 is 9.15 Å². The van der Waals surface area contributed by atoms with Crippen LogP contribution >= 0.6 is 11.3 Å². The van der Waals surface area contributed by atoms with Crippen molar-refractivity contribution in [1.82, 2.24) is 9.97 Å². The summed E-state index contributed by atoms with van der Waals surface area (Å²) < 4.78 is 11.1. The number of fused-ring (bicyclic) bond motifs is 2. The fraction of sp³-hybridized carbons (Fsp3) is 0.100. The van der Waals surface area contributed by atoms with Gasteiger partial charge in [-0.05, 0) is 29.8 Å². The summed E-state index contributed by atoms with van der Waals surface area (Å²) in [5, 5.41) is 2.68. The summed E-state index contributed by atoms with van der Waals surface area (Å²) in [5.74, 6) is 0.180. The molecular formula is C20H13N3O4S. The van der Waals surface area contributed by atoms with Crippen LogP contribution in [0.1, 0.15) is 27.7 Å². The number of anilines is 1. The molecule has 0 aliphatic carbocycles. The largest absolute Gasteiger partial charge is 0.497 e. The predicted molar refractivity (Wildman–Crippen MR) is 104 cm³/mol. The summed E-state index contributed by atoms with van der Waals surface area (Å²) in [7, 11) is 1.53. The van der Waals surface area contributed by atoms with E-state index in [1.165, 1.54) is 23.3 Å². The van der Waals surface area contributed by atoms with Gasteiger partial charge in [0, 0.05) is 30.0 Å². The first kappa shape index (κ1) is 16.6. The maximum Gasteiger partial charge on any atom is 0.297 e. The molecule has 0 saturated heterocycles. The number of hydrogen-bond acceptors (Lipinski definition) is 7. The highest BCUT2D eigenvalue weighted by Crippen LogP contribution is 2.41. The number of methoxy groups -OCH3 is 1. The number of carbonyl (C=O) groups is 1. The summed E-state index contributed by atoms with van der Waals surface area (Å²) in [5.41, 5.74) is 1.14. The second kappa shape index (κ2) is 6.28. The topological polar surface area (TPSA) is 85.5 Å². The average molecular weight is 391 g/mol. The van der Waals surface area contributed by atoms with Crippen LogP contribution in [0.25, 0.3) is 11.0 Å². The lowest BCUT2D eigenvalue weighted by molar-refractivity contribution is 0.0971. The lowest BCUT2D eigenvalue weighted by Crippen LogP contribution is -2.29. The second-order valence-electron chi connectivity index (χ2n) is 6.21. The summed E-state index contributed by atoms with van der Waals surface area (Å²) in [4.78, 5) is 36.4. The van der Waals surface area contributed by atoms with Gasteiger partial charge in [-0.1, -0.05) is 0 Å². The number of hydrogen-bond donors (Lipinski definition) is 0. The number of benzene rings is 1. The van der Waals surface area contributed by atoms with E-state index in [0.29, 0.717) is 27.4 Å². The maximum atomic E-state index is 13.4. The zero-order chi connectivity index (χ0) is 19.3. The minimum Gasteiger partial charge on any atom is -0.497 e. The van der Waals surface area contributed by atoms with E-state index in [-0.39, 0.29) is 11.2 Å². The van der Waals surface area contributed by atoms with Gasteiger partial charge in [0.15, 0.2) is 10.6 Å². The van der Waals surface area contributed by atoms with Crippen LogP contribution in [0, 0.1) is 0 Å². The Morgan fingerprint density at radius 2 is 1.96 bits per heavy atom. The molecule has 0 bridgehead atoms. The minimum absolute atomic E-state index is 0.0303. The van der Waals surface area contributed by atoms with E-state index in [4.69, 9.17) is 9.15 Å². The lowest BCUT2D eigenvalue weighted by Gasteiger charge is -2.22. The molecule has 0 radical (unpaired) electrons. The standard InChI is InChI=1S/C20H13N3O4S/c1-26-12-2-3-13-14(10-12)27-18-15(17(13)24)16(11-4-6-21-7-5-11)23(19(18)25)20-22-8-9-28-20/h2-10,16H,1H3/t16-/m1/s1. The molecular weight excluding hydrogens is 378 g/mol. The summed E-state index contributed by atoms with van der Waals surface area (Å²) in [6.45, 7) is 0. The van der Waals surface area contributed by atoms with Crippen molar-refractivity contribution in [3.63, 3.8) is 0 Å². The number of carbonyl (C=O) groups excluding carboxylic acids is 1. The molecule has 138 valence electrons. The third-order valence-corrected chi connectivity index (χ3v) is 5.50. The van der Waals surface area contributed by atoms with E-state index >= 15 is 0 Å². The number of thiazole rings is 1. The molecule has 4 heterocycles. The molecule has 0 saturated carbocycles. The first-order valence-corrected chi connectivity index (χ1v) is 9.34. The highest BCUT2D eigenvalue weighted by molar-refractivity contribution is 7.13. The highest BCUT2D eigenvalue weighted by atomic mass is 32.1. The van der Waals surface area contributed by atoms with Gasteiger partial charge in [0.2, 0.25) is 5.76 Å². The van der Waals surface area contributed by atoms with Crippen LogP contribution in [0.2, 0.25) is 0 Å². The molecule has 1 atom stereocenters. The Balaban J connectivity index is 1.82. The molecule has 5 rings (SSSR count). The second-order valence-corrected chi connectivity index (χ2v) is 7.08. The number of rotatable bonds is 3. The fourth-order valence-corrected chi connectivity index (χ4v) is 4.14. The van der Waals surface area contributed by atoms with Crippen molar-refractivity contribution in [2.45, 2.75) is 6.04 Å². The van der Waals surface area contributed by atoms with Gasteiger partial charge in [0.1, 0.15) is 11.3 Å².